The number of halogens is 3. The number of aromatic nitrogens is 4. The molecule has 5 N–H and O–H groups in total. The molecule has 4 heterocycles. The number of hydrogen-bond acceptors (Lipinski definition) is 9. The van der Waals surface area contributed by atoms with Crippen LogP contribution >= 0.6 is 0 Å². The lowest BCUT2D eigenvalue weighted by atomic mass is 9.76. The Kier molecular flexibility index (Phi) is 8.26. The summed E-state index contributed by atoms with van der Waals surface area (Å²) in [4.78, 5) is 32.9. The van der Waals surface area contributed by atoms with Crippen molar-refractivity contribution >= 4 is 23.7 Å². The number of aromatic carboxylic acids is 1. The van der Waals surface area contributed by atoms with Gasteiger partial charge in [-0.3, -0.25) is 4.79 Å². The van der Waals surface area contributed by atoms with Gasteiger partial charge in [0.15, 0.2) is 0 Å². The third-order valence-corrected chi connectivity index (χ3v) is 8.80. The fraction of sp³-hybridized carbons (Fsp3) is 0.344. The SMILES string of the molecule is Cc1ccn(-c2cc(-c3ccc(C(=O)O)cc3)ccc2C(Oc2cc(N3CCC4(CC3)CN[C@H](C(=O)O)C4)nc(N)n2)C(F)(F)F)n1. The average Bonchev–Trinajstić information content (AvgIpc) is 3.66. The number of carboxylic acids is 2. The summed E-state index contributed by atoms with van der Waals surface area (Å²) in [5.74, 6) is -2.28. The molecule has 0 aliphatic carbocycles. The molecular formula is C32H32F3N7O5. The highest BCUT2D eigenvalue weighted by atomic mass is 19.4. The van der Waals surface area contributed by atoms with E-state index in [1.807, 2.05) is 4.90 Å². The molecule has 2 aromatic heterocycles. The van der Waals surface area contributed by atoms with Crippen LogP contribution in [0.5, 0.6) is 5.88 Å². The number of piperidine rings is 1. The van der Waals surface area contributed by atoms with Crippen molar-refractivity contribution in [2.24, 2.45) is 5.41 Å². The number of nitrogens with two attached hydrogens (primary N) is 1. The smallest absolute Gasteiger partial charge is 0.429 e. The van der Waals surface area contributed by atoms with Crippen molar-refractivity contribution in [3.05, 3.63) is 77.6 Å². The van der Waals surface area contributed by atoms with Gasteiger partial charge in [-0.2, -0.15) is 28.2 Å². The number of nitrogens with zero attached hydrogens (tertiary/aromatic N) is 5. The second-order valence-electron chi connectivity index (χ2n) is 12.0. The van der Waals surface area contributed by atoms with Gasteiger partial charge in [-0.25, -0.2) is 9.48 Å². The number of anilines is 2. The van der Waals surface area contributed by atoms with E-state index in [9.17, 15) is 33.0 Å². The molecule has 0 saturated carbocycles. The number of alkyl halides is 3. The van der Waals surface area contributed by atoms with E-state index in [1.165, 1.54) is 41.1 Å². The van der Waals surface area contributed by atoms with Crippen molar-refractivity contribution in [2.75, 3.05) is 30.3 Å². The normalized spacial score (nSPS) is 18.3. The van der Waals surface area contributed by atoms with Crippen LogP contribution in [0.4, 0.5) is 24.9 Å². The van der Waals surface area contributed by atoms with Gasteiger partial charge in [-0.1, -0.05) is 24.3 Å². The Balaban J connectivity index is 1.30. The Hall–Kier alpha value is -5.18. The zero-order valence-corrected chi connectivity index (χ0v) is 25.2. The van der Waals surface area contributed by atoms with Gasteiger partial charge in [0.2, 0.25) is 17.9 Å². The first-order valence-corrected chi connectivity index (χ1v) is 14.9. The quantitative estimate of drug-likeness (QED) is 0.210. The summed E-state index contributed by atoms with van der Waals surface area (Å²) in [5, 5.41) is 26.0. The number of benzene rings is 2. The third kappa shape index (κ3) is 6.70. The molecule has 246 valence electrons. The van der Waals surface area contributed by atoms with Gasteiger partial charge >= 0.3 is 18.1 Å². The van der Waals surface area contributed by atoms with Crippen molar-refractivity contribution < 1.29 is 37.7 Å². The number of carbonyl (C=O) groups is 2. The van der Waals surface area contributed by atoms with Crippen molar-refractivity contribution in [1.82, 2.24) is 25.1 Å². The summed E-state index contributed by atoms with van der Waals surface area (Å²) in [6, 6.07) is 12.7. The second kappa shape index (κ2) is 12.2. The fourth-order valence-electron chi connectivity index (χ4n) is 6.26. The van der Waals surface area contributed by atoms with Gasteiger partial charge in [-0.15, -0.1) is 0 Å². The van der Waals surface area contributed by atoms with Crippen LogP contribution in [-0.4, -0.2) is 73.8 Å². The van der Waals surface area contributed by atoms with Crippen LogP contribution in [0.1, 0.15) is 47.0 Å². The van der Waals surface area contributed by atoms with E-state index in [1.54, 1.807) is 31.3 Å². The molecule has 12 nitrogen and oxygen atoms in total. The van der Waals surface area contributed by atoms with E-state index in [0.29, 0.717) is 61.5 Å². The van der Waals surface area contributed by atoms with Gasteiger partial charge in [0, 0.05) is 37.5 Å². The molecular weight excluding hydrogens is 619 g/mol. The lowest BCUT2D eigenvalue weighted by molar-refractivity contribution is -0.198. The predicted molar refractivity (Wildman–Crippen MR) is 164 cm³/mol. The number of hydrogen-bond donors (Lipinski definition) is 4. The summed E-state index contributed by atoms with van der Waals surface area (Å²) in [5.41, 5.74) is 7.45. The van der Waals surface area contributed by atoms with Crippen molar-refractivity contribution in [3.63, 3.8) is 0 Å². The van der Waals surface area contributed by atoms with Crippen LogP contribution in [0.2, 0.25) is 0 Å². The molecule has 1 unspecified atom stereocenters. The van der Waals surface area contributed by atoms with E-state index in [0.717, 1.165) is 0 Å². The van der Waals surface area contributed by atoms with Gasteiger partial charge < -0.3 is 30.9 Å². The van der Waals surface area contributed by atoms with Crippen LogP contribution in [0.15, 0.2) is 60.8 Å². The Morgan fingerprint density at radius 1 is 1.04 bits per heavy atom. The van der Waals surface area contributed by atoms with Crippen LogP contribution in [0.25, 0.3) is 16.8 Å². The molecule has 2 aliphatic rings. The Labute approximate surface area is 267 Å². The molecule has 2 fully saturated rings. The molecule has 4 aromatic rings. The molecule has 0 radical (unpaired) electrons. The summed E-state index contributed by atoms with van der Waals surface area (Å²) in [6.45, 7) is 3.30. The maximum atomic E-state index is 14.8. The minimum Gasteiger partial charge on any atom is -0.480 e. The summed E-state index contributed by atoms with van der Waals surface area (Å²) >= 11 is 0. The molecule has 0 amide bonds. The monoisotopic (exact) mass is 651 g/mol. The number of nitrogen functional groups attached to an aromatic ring is 1. The second-order valence-corrected chi connectivity index (χ2v) is 12.0. The highest BCUT2D eigenvalue weighted by Crippen LogP contribution is 2.42. The number of ether oxygens (including phenoxy) is 1. The summed E-state index contributed by atoms with van der Waals surface area (Å²) in [7, 11) is 0. The molecule has 6 rings (SSSR count). The summed E-state index contributed by atoms with van der Waals surface area (Å²) in [6.07, 6.45) is -3.94. The maximum Gasteiger partial charge on any atom is 0.429 e. The summed E-state index contributed by atoms with van der Waals surface area (Å²) < 4.78 is 51.4. The Morgan fingerprint density at radius 2 is 1.74 bits per heavy atom. The molecule has 2 aromatic carbocycles. The van der Waals surface area contributed by atoms with Crippen molar-refractivity contribution in [1.29, 1.82) is 0 Å². The molecule has 2 atom stereocenters. The minimum absolute atomic E-state index is 0.0775. The van der Waals surface area contributed by atoms with E-state index in [2.05, 4.69) is 20.4 Å². The Morgan fingerprint density at radius 3 is 2.34 bits per heavy atom. The van der Waals surface area contributed by atoms with Crippen LogP contribution in [-0.2, 0) is 4.79 Å². The van der Waals surface area contributed by atoms with E-state index >= 15 is 0 Å². The van der Waals surface area contributed by atoms with E-state index in [4.69, 9.17) is 10.5 Å². The lowest BCUT2D eigenvalue weighted by Gasteiger charge is -2.39. The highest BCUT2D eigenvalue weighted by Gasteiger charge is 2.46. The van der Waals surface area contributed by atoms with Gasteiger partial charge in [0.25, 0.3) is 0 Å². The predicted octanol–water partition coefficient (Wildman–Crippen LogP) is 4.63. The van der Waals surface area contributed by atoms with Gasteiger partial charge in [-0.05, 0) is 67.0 Å². The first-order valence-electron chi connectivity index (χ1n) is 14.9. The largest absolute Gasteiger partial charge is 0.480 e. The third-order valence-electron chi connectivity index (χ3n) is 8.80. The topological polar surface area (TPSA) is 169 Å². The molecule has 2 aliphatic heterocycles. The van der Waals surface area contributed by atoms with Crippen LogP contribution < -0.4 is 20.7 Å². The maximum absolute atomic E-state index is 14.8. The first kappa shape index (κ1) is 31.8. The molecule has 2 saturated heterocycles. The van der Waals surface area contributed by atoms with Crippen LogP contribution in [0.3, 0.4) is 0 Å². The molecule has 15 heteroatoms. The highest BCUT2D eigenvalue weighted by molar-refractivity contribution is 5.88. The first-order chi connectivity index (χ1) is 22.3. The number of aliphatic carboxylic acids is 1. The lowest BCUT2D eigenvalue weighted by Crippen LogP contribution is -2.41. The molecule has 0 bridgehead atoms. The number of aryl methyl sites for hydroxylation is 1. The number of carboxylic acid groups (broad SMARTS) is 2. The average molecular weight is 652 g/mol. The number of nitrogens with one attached hydrogen (secondary N) is 1. The number of rotatable bonds is 8. The Bertz CT molecular complexity index is 1800. The van der Waals surface area contributed by atoms with Crippen LogP contribution in [0, 0.1) is 12.3 Å². The van der Waals surface area contributed by atoms with Gasteiger partial charge in [0.1, 0.15) is 11.9 Å². The van der Waals surface area contributed by atoms with Crippen molar-refractivity contribution in [3.8, 4) is 22.7 Å². The van der Waals surface area contributed by atoms with Crippen molar-refractivity contribution in [2.45, 2.75) is 44.5 Å². The van der Waals surface area contributed by atoms with E-state index < -0.39 is 30.3 Å². The zero-order valence-electron chi connectivity index (χ0n) is 25.2. The molecule has 47 heavy (non-hydrogen) atoms. The minimum atomic E-state index is -4.88. The molecule has 1 spiro atoms. The zero-order chi connectivity index (χ0) is 33.5. The van der Waals surface area contributed by atoms with E-state index in [-0.39, 0.29) is 34.1 Å². The standard InChI is InChI=1S/C32H32F3N7O5/c1-18-8-11-42(40-18)24-14-21(19-2-4-20(5-3-19)28(43)44)6-7-22(24)27(32(33,34)35)47-26-15-25(38-30(36)39-26)41-12-9-31(10-13-41)16-23(29(45)46)37-17-31/h2-8,11,14-15,23,27,37H,9-10,12-13,16-17H2,1H3,(H,43,44)(H,45,46)(H2,36,38,39)/t23-,27?/m0/s1. The van der Waals surface area contributed by atoms with Gasteiger partial charge in [0.05, 0.1) is 16.9 Å². The fourth-order valence-corrected chi connectivity index (χ4v) is 6.26.